The average Bonchev–Trinajstić information content (AvgIpc) is 2.46. The van der Waals surface area contributed by atoms with Crippen LogP contribution in [0.5, 0.6) is 5.88 Å². The fourth-order valence-electron chi connectivity index (χ4n) is 2.38. The Bertz CT molecular complexity index is 562. The first-order valence-corrected chi connectivity index (χ1v) is 8.39. The summed E-state index contributed by atoms with van der Waals surface area (Å²) in [5.74, 6) is 1.00. The van der Waals surface area contributed by atoms with Crippen molar-refractivity contribution in [3.05, 3.63) is 10.8 Å². The van der Waals surface area contributed by atoms with Gasteiger partial charge in [-0.05, 0) is 49.5 Å². The topological polar surface area (TPSA) is 76.6 Å². The molecule has 1 aromatic rings. The normalized spacial score (nSPS) is 18.5. The number of aromatic nitrogens is 2. The molecule has 0 unspecified atom stereocenters. The minimum atomic E-state index is -0.490. The molecule has 2 rings (SSSR count). The van der Waals surface area contributed by atoms with Gasteiger partial charge in [0.25, 0.3) is 5.88 Å². The molecule has 0 aliphatic carbocycles. The van der Waals surface area contributed by atoms with Crippen LogP contribution in [0.1, 0.15) is 33.6 Å². The van der Waals surface area contributed by atoms with Crippen LogP contribution in [0, 0.1) is 0 Å². The lowest BCUT2D eigenvalue weighted by atomic mass is 10.1. The Labute approximate surface area is 144 Å². The van der Waals surface area contributed by atoms with E-state index in [1.165, 1.54) is 0 Å². The molecule has 1 aliphatic rings. The predicted octanol–water partition coefficient (Wildman–Crippen LogP) is 3.06. The molecule has 0 spiro atoms. The van der Waals surface area contributed by atoms with Crippen LogP contribution in [-0.4, -0.2) is 52.8 Å². The van der Waals surface area contributed by atoms with E-state index in [0.717, 1.165) is 12.8 Å². The molecule has 1 aromatic heterocycles. The maximum atomic E-state index is 12.2. The van der Waals surface area contributed by atoms with E-state index in [-0.39, 0.29) is 12.1 Å². The van der Waals surface area contributed by atoms with E-state index in [0.29, 0.717) is 29.4 Å². The molecule has 128 valence electrons. The van der Waals surface area contributed by atoms with Gasteiger partial charge in [-0.1, -0.05) is 0 Å². The summed E-state index contributed by atoms with van der Waals surface area (Å²) in [6, 6.07) is 0.0776. The molecule has 1 atom stereocenters. The molecule has 1 aliphatic heterocycles. The fraction of sp³-hybridized carbons (Fsp3) is 0.667. The highest BCUT2D eigenvalue weighted by Gasteiger charge is 2.28. The summed E-state index contributed by atoms with van der Waals surface area (Å²) in [5, 5.41) is 3.31. The quantitative estimate of drug-likeness (QED) is 0.859. The van der Waals surface area contributed by atoms with Gasteiger partial charge in [0.2, 0.25) is 0 Å². The number of hydrogen-bond donors (Lipinski definition) is 1. The van der Waals surface area contributed by atoms with Crippen LogP contribution in [0.2, 0.25) is 0 Å². The first kappa shape index (κ1) is 17.8. The third kappa shape index (κ3) is 5.23. The van der Waals surface area contributed by atoms with Crippen molar-refractivity contribution in [1.82, 2.24) is 14.9 Å². The van der Waals surface area contributed by atoms with Crippen LogP contribution >= 0.6 is 15.9 Å². The zero-order valence-electron chi connectivity index (χ0n) is 13.9. The largest absolute Gasteiger partial charge is 0.478 e. The Morgan fingerprint density at radius 2 is 2.22 bits per heavy atom. The standard InChI is InChI=1S/C15H23BrN4O3/c1-15(2,3)23-14(21)20-7-5-6-10(9-20)18-12-13(22-4)17-8-11(16)19-12/h8,10H,5-7,9H2,1-4H3,(H,18,19)/t10-/m1/s1. The van der Waals surface area contributed by atoms with Crippen molar-refractivity contribution >= 4 is 27.8 Å². The first-order valence-electron chi connectivity index (χ1n) is 7.59. The highest BCUT2D eigenvalue weighted by Crippen LogP contribution is 2.24. The molecule has 2 heterocycles. The lowest BCUT2D eigenvalue weighted by Gasteiger charge is -2.34. The van der Waals surface area contributed by atoms with Gasteiger partial charge < -0.3 is 19.7 Å². The number of rotatable bonds is 3. The molecule has 0 bridgehead atoms. The summed E-state index contributed by atoms with van der Waals surface area (Å²) in [6.07, 6.45) is 3.14. The number of piperidine rings is 1. The van der Waals surface area contributed by atoms with E-state index in [4.69, 9.17) is 9.47 Å². The number of amides is 1. The monoisotopic (exact) mass is 386 g/mol. The maximum absolute atomic E-state index is 12.2. The molecule has 1 saturated heterocycles. The molecule has 1 N–H and O–H groups in total. The van der Waals surface area contributed by atoms with Crippen LogP contribution < -0.4 is 10.1 Å². The third-order valence-corrected chi connectivity index (χ3v) is 3.70. The number of nitrogens with one attached hydrogen (secondary N) is 1. The highest BCUT2D eigenvalue weighted by molar-refractivity contribution is 9.10. The van der Waals surface area contributed by atoms with E-state index in [9.17, 15) is 4.79 Å². The van der Waals surface area contributed by atoms with Crippen LogP contribution in [0.3, 0.4) is 0 Å². The molecule has 0 aromatic carbocycles. The number of nitrogens with zero attached hydrogens (tertiary/aromatic N) is 3. The smallest absolute Gasteiger partial charge is 0.410 e. The van der Waals surface area contributed by atoms with E-state index in [1.807, 2.05) is 20.8 Å². The van der Waals surface area contributed by atoms with Gasteiger partial charge in [0, 0.05) is 19.1 Å². The highest BCUT2D eigenvalue weighted by atomic mass is 79.9. The average molecular weight is 387 g/mol. The Kier molecular flexibility index (Phi) is 5.67. The summed E-state index contributed by atoms with van der Waals surface area (Å²) in [4.78, 5) is 22.4. The number of anilines is 1. The van der Waals surface area contributed by atoms with Crippen LogP contribution in [0.4, 0.5) is 10.6 Å². The molecule has 0 saturated carbocycles. The summed E-state index contributed by atoms with van der Waals surface area (Å²) >= 11 is 3.30. The third-order valence-electron chi connectivity index (χ3n) is 3.32. The van der Waals surface area contributed by atoms with Gasteiger partial charge in [-0.3, -0.25) is 0 Å². The summed E-state index contributed by atoms with van der Waals surface area (Å²) in [7, 11) is 1.55. The summed E-state index contributed by atoms with van der Waals surface area (Å²) < 4.78 is 11.3. The molecule has 7 nitrogen and oxygen atoms in total. The number of halogens is 1. The van der Waals surface area contributed by atoms with Crippen molar-refractivity contribution in [3.8, 4) is 5.88 Å². The predicted molar refractivity (Wildman–Crippen MR) is 90.7 cm³/mol. The number of likely N-dealkylation sites (tertiary alicyclic amines) is 1. The van der Waals surface area contributed by atoms with Crippen LogP contribution in [-0.2, 0) is 4.74 Å². The molecular formula is C15H23BrN4O3. The minimum absolute atomic E-state index is 0.0776. The lowest BCUT2D eigenvalue weighted by molar-refractivity contribution is 0.0206. The Morgan fingerprint density at radius 3 is 2.87 bits per heavy atom. The molecule has 23 heavy (non-hydrogen) atoms. The van der Waals surface area contributed by atoms with Gasteiger partial charge in [0.15, 0.2) is 5.82 Å². The zero-order valence-corrected chi connectivity index (χ0v) is 15.5. The van der Waals surface area contributed by atoms with E-state index < -0.39 is 5.60 Å². The second-order valence-electron chi connectivity index (χ2n) is 6.46. The minimum Gasteiger partial charge on any atom is -0.478 e. The molecule has 8 heteroatoms. The van der Waals surface area contributed by atoms with Gasteiger partial charge in [0.05, 0.1) is 13.3 Å². The number of carbonyl (C=O) groups excluding carboxylic acids is 1. The van der Waals surface area contributed by atoms with E-state index >= 15 is 0 Å². The van der Waals surface area contributed by atoms with Crippen LogP contribution in [0.25, 0.3) is 0 Å². The number of ether oxygens (including phenoxy) is 2. The van der Waals surface area contributed by atoms with Crippen molar-refractivity contribution in [2.75, 3.05) is 25.5 Å². The van der Waals surface area contributed by atoms with Crippen molar-refractivity contribution in [1.29, 1.82) is 0 Å². The Balaban J connectivity index is 2.02. The molecule has 1 amide bonds. The van der Waals surface area contributed by atoms with Gasteiger partial charge >= 0.3 is 6.09 Å². The van der Waals surface area contributed by atoms with Crippen molar-refractivity contribution in [3.63, 3.8) is 0 Å². The fourth-order valence-corrected chi connectivity index (χ4v) is 2.66. The Morgan fingerprint density at radius 1 is 1.48 bits per heavy atom. The van der Waals surface area contributed by atoms with Crippen LogP contribution in [0.15, 0.2) is 10.8 Å². The molecule has 0 radical (unpaired) electrons. The zero-order chi connectivity index (χ0) is 17.0. The SMILES string of the molecule is COc1ncc(Br)nc1N[C@@H]1CCCN(C(=O)OC(C)(C)C)C1. The van der Waals surface area contributed by atoms with Gasteiger partial charge in [0.1, 0.15) is 10.2 Å². The maximum Gasteiger partial charge on any atom is 0.410 e. The molecular weight excluding hydrogens is 364 g/mol. The van der Waals surface area contributed by atoms with Crippen molar-refractivity contribution in [2.45, 2.75) is 45.3 Å². The first-order chi connectivity index (χ1) is 10.8. The van der Waals surface area contributed by atoms with Crippen molar-refractivity contribution in [2.24, 2.45) is 0 Å². The van der Waals surface area contributed by atoms with Gasteiger partial charge in [-0.15, -0.1) is 0 Å². The second kappa shape index (κ2) is 7.33. The summed E-state index contributed by atoms with van der Waals surface area (Å²) in [6.45, 7) is 6.87. The van der Waals surface area contributed by atoms with E-state index in [1.54, 1.807) is 18.2 Å². The van der Waals surface area contributed by atoms with Crippen molar-refractivity contribution < 1.29 is 14.3 Å². The Hall–Kier alpha value is -1.57. The molecule has 1 fully saturated rings. The second-order valence-corrected chi connectivity index (χ2v) is 7.27. The van der Waals surface area contributed by atoms with Gasteiger partial charge in [-0.25, -0.2) is 14.8 Å². The van der Waals surface area contributed by atoms with Gasteiger partial charge in [-0.2, -0.15) is 0 Å². The summed E-state index contributed by atoms with van der Waals surface area (Å²) in [5.41, 5.74) is -0.490. The number of hydrogen-bond acceptors (Lipinski definition) is 6. The number of carbonyl (C=O) groups is 1. The lowest BCUT2D eigenvalue weighted by Crippen LogP contribution is -2.47. The number of methoxy groups -OCH3 is 1. The van der Waals surface area contributed by atoms with E-state index in [2.05, 4.69) is 31.2 Å².